The molecule has 0 fully saturated rings. The third kappa shape index (κ3) is 3.71. The van der Waals surface area contributed by atoms with E-state index in [-0.39, 0.29) is 11.7 Å². The number of Topliss-reactive ketones (excluding diaryl/α,β-unsaturated/α-hetero) is 1. The summed E-state index contributed by atoms with van der Waals surface area (Å²) in [5.41, 5.74) is 8.89. The van der Waals surface area contributed by atoms with Crippen LogP contribution in [-0.2, 0) is 16.1 Å². The number of allylic oxidation sites excluding steroid dienone is 3. The Hall–Kier alpha value is -2.75. The Morgan fingerprint density at radius 3 is 2.87 bits per heavy atom. The minimum atomic E-state index is -0.471. The number of rotatable bonds is 4. The van der Waals surface area contributed by atoms with E-state index in [4.69, 9.17) is 26.8 Å². The Morgan fingerprint density at radius 1 is 1.33 bits per heavy atom. The molecule has 5 nitrogen and oxygen atoms in total. The topological polar surface area (TPSA) is 85.3 Å². The molecule has 0 saturated carbocycles. The van der Waals surface area contributed by atoms with Gasteiger partial charge in [0.1, 0.15) is 29.8 Å². The predicted octanol–water partition coefficient (Wildman–Crippen LogP) is 5.41. The number of nitrogens with two attached hydrogens (primary N) is 1. The quantitative estimate of drug-likeness (QED) is 0.686. The zero-order valence-electron chi connectivity index (χ0n) is 16.8. The number of aryl methyl sites for hydroxylation is 2. The van der Waals surface area contributed by atoms with Crippen molar-refractivity contribution < 1.29 is 14.3 Å². The van der Waals surface area contributed by atoms with Gasteiger partial charge in [-0.15, -0.1) is 11.3 Å². The molecule has 1 aromatic carbocycles. The zero-order chi connectivity index (χ0) is 21.4. The van der Waals surface area contributed by atoms with Crippen molar-refractivity contribution in [3.05, 3.63) is 73.0 Å². The van der Waals surface area contributed by atoms with E-state index < -0.39 is 5.92 Å². The number of thiophene rings is 1. The highest BCUT2D eigenvalue weighted by atomic mass is 35.5. The lowest BCUT2D eigenvalue weighted by molar-refractivity contribution is -0.116. The number of ketones is 1. The van der Waals surface area contributed by atoms with Crippen molar-refractivity contribution in [3.8, 4) is 11.8 Å². The van der Waals surface area contributed by atoms with Crippen LogP contribution in [-0.4, -0.2) is 5.78 Å². The second kappa shape index (κ2) is 8.17. The van der Waals surface area contributed by atoms with E-state index in [0.717, 1.165) is 33.1 Å². The average molecular weight is 441 g/mol. The predicted molar refractivity (Wildman–Crippen MR) is 116 cm³/mol. The van der Waals surface area contributed by atoms with Gasteiger partial charge in [0.2, 0.25) is 5.88 Å². The summed E-state index contributed by atoms with van der Waals surface area (Å²) < 4.78 is 11.6. The van der Waals surface area contributed by atoms with Crippen LogP contribution in [0.4, 0.5) is 0 Å². The van der Waals surface area contributed by atoms with Crippen molar-refractivity contribution >= 4 is 28.7 Å². The van der Waals surface area contributed by atoms with E-state index in [0.29, 0.717) is 41.4 Å². The summed E-state index contributed by atoms with van der Waals surface area (Å²) in [7, 11) is 0. The summed E-state index contributed by atoms with van der Waals surface area (Å²) in [6.45, 7) is 4.34. The largest absolute Gasteiger partial charge is 0.489 e. The van der Waals surface area contributed by atoms with E-state index in [2.05, 4.69) is 6.07 Å². The summed E-state index contributed by atoms with van der Waals surface area (Å²) >= 11 is 7.58. The zero-order valence-corrected chi connectivity index (χ0v) is 18.3. The van der Waals surface area contributed by atoms with Gasteiger partial charge >= 0.3 is 0 Å². The number of nitrogens with zero attached hydrogens (tertiary/aromatic N) is 1. The van der Waals surface area contributed by atoms with Crippen molar-refractivity contribution in [1.29, 1.82) is 5.26 Å². The van der Waals surface area contributed by atoms with Crippen molar-refractivity contribution in [1.82, 2.24) is 0 Å². The van der Waals surface area contributed by atoms with Gasteiger partial charge in [0.15, 0.2) is 5.78 Å². The molecule has 1 aromatic heterocycles. The maximum absolute atomic E-state index is 12.7. The second-order valence-corrected chi connectivity index (χ2v) is 9.19. The van der Waals surface area contributed by atoms with Crippen molar-refractivity contribution in [2.24, 2.45) is 5.73 Å². The molecular formula is C23H21ClN2O3S. The van der Waals surface area contributed by atoms with Crippen LogP contribution in [0.5, 0.6) is 5.75 Å². The minimum Gasteiger partial charge on any atom is -0.489 e. The summed E-state index contributed by atoms with van der Waals surface area (Å²) in [6, 6.07) is 9.69. The van der Waals surface area contributed by atoms with Gasteiger partial charge in [0.05, 0.1) is 5.92 Å². The normalized spacial score (nSPS) is 18.7. The molecule has 2 aliphatic rings. The van der Waals surface area contributed by atoms with Gasteiger partial charge in [0.25, 0.3) is 0 Å². The number of ether oxygens (including phenoxy) is 2. The van der Waals surface area contributed by atoms with E-state index in [1.807, 2.05) is 32.0 Å². The number of nitriles is 1. The van der Waals surface area contributed by atoms with Gasteiger partial charge in [-0.1, -0.05) is 11.6 Å². The van der Waals surface area contributed by atoms with Crippen LogP contribution in [0.2, 0.25) is 5.02 Å². The summed E-state index contributed by atoms with van der Waals surface area (Å²) in [5.74, 6) is 1.03. The van der Waals surface area contributed by atoms with E-state index in [9.17, 15) is 10.1 Å². The van der Waals surface area contributed by atoms with Gasteiger partial charge in [-0.2, -0.15) is 5.26 Å². The molecule has 0 bridgehead atoms. The fourth-order valence-corrected chi connectivity index (χ4v) is 5.29. The number of hydrogen-bond acceptors (Lipinski definition) is 6. The molecule has 1 aliphatic heterocycles. The van der Waals surface area contributed by atoms with Gasteiger partial charge in [-0.3, -0.25) is 4.79 Å². The average Bonchev–Trinajstić information content (AvgIpc) is 3.07. The highest BCUT2D eigenvalue weighted by Crippen LogP contribution is 2.46. The lowest BCUT2D eigenvalue weighted by Crippen LogP contribution is -2.27. The number of halogens is 1. The second-order valence-electron chi connectivity index (χ2n) is 7.47. The first kappa shape index (κ1) is 20.5. The monoisotopic (exact) mass is 440 g/mol. The molecule has 0 saturated heterocycles. The van der Waals surface area contributed by atoms with Crippen LogP contribution in [0.25, 0.3) is 0 Å². The molecule has 0 spiro atoms. The Morgan fingerprint density at radius 2 is 2.13 bits per heavy atom. The Kier molecular flexibility index (Phi) is 5.59. The smallest absolute Gasteiger partial charge is 0.205 e. The van der Waals surface area contributed by atoms with Gasteiger partial charge in [-0.25, -0.2) is 0 Å². The highest BCUT2D eigenvalue weighted by molar-refractivity contribution is 7.12. The maximum atomic E-state index is 12.7. The molecule has 2 aromatic rings. The number of carbonyl (C=O) groups excluding carboxylic acids is 1. The molecular weight excluding hydrogens is 420 g/mol. The lowest BCUT2D eigenvalue weighted by Gasteiger charge is -2.30. The van der Waals surface area contributed by atoms with Crippen LogP contribution in [0, 0.1) is 25.2 Å². The van der Waals surface area contributed by atoms with Crippen LogP contribution in [0.15, 0.2) is 47.1 Å². The van der Waals surface area contributed by atoms with Crippen LogP contribution >= 0.6 is 22.9 Å². The summed E-state index contributed by atoms with van der Waals surface area (Å²) in [6.07, 6.45) is 1.86. The first-order chi connectivity index (χ1) is 14.4. The highest BCUT2D eigenvalue weighted by Gasteiger charge is 2.39. The Balaban J connectivity index is 1.66. The molecule has 1 unspecified atom stereocenters. The van der Waals surface area contributed by atoms with Crippen molar-refractivity contribution in [3.63, 3.8) is 0 Å². The van der Waals surface area contributed by atoms with Gasteiger partial charge < -0.3 is 15.2 Å². The number of benzene rings is 1. The van der Waals surface area contributed by atoms with Crippen LogP contribution in [0.3, 0.4) is 0 Å². The number of hydrogen-bond donors (Lipinski definition) is 1. The Labute approximate surface area is 184 Å². The first-order valence-corrected chi connectivity index (χ1v) is 10.9. The van der Waals surface area contributed by atoms with E-state index >= 15 is 0 Å². The molecule has 2 N–H and O–H groups in total. The fourth-order valence-electron chi connectivity index (χ4n) is 3.90. The molecule has 154 valence electrons. The molecule has 2 heterocycles. The number of carbonyl (C=O) groups is 1. The summed E-state index contributed by atoms with van der Waals surface area (Å²) in [5, 5.41) is 10.4. The molecule has 0 radical (unpaired) electrons. The van der Waals surface area contributed by atoms with E-state index in [1.54, 1.807) is 17.4 Å². The molecule has 1 aliphatic carbocycles. The molecule has 4 rings (SSSR count). The molecule has 7 heteroatoms. The first-order valence-electron chi connectivity index (χ1n) is 9.71. The van der Waals surface area contributed by atoms with Crippen molar-refractivity contribution in [2.75, 3.05) is 0 Å². The van der Waals surface area contributed by atoms with Gasteiger partial charge in [0, 0.05) is 38.8 Å². The molecule has 30 heavy (non-hydrogen) atoms. The molecule has 1 atom stereocenters. The van der Waals surface area contributed by atoms with Crippen molar-refractivity contribution in [2.45, 2.75) is 45.6 Å². The fraction of sp³-hybridized carbons (Fsp3) is 0.304. The SMILES string of the molecule is Cc1cc(Cl)ccc1OCc1cc(C2C(C#N)=C(N)OC3=C2C(=O)CCC3)sc1C. The lowest BCUT2D eigenvalue weighted by atomic mass is 9.80. The Bertz CT molecular complexity index is 1140. The van der Waals surface area contributed by atoms with Crippen LogP contribution in [0.1, 0.15) is 46.1 Å². The van der Waals surface area contributed by atoms with Gasteiger partial charge in [-0.05, 0) is 50.1 Å². The standard InChI is InChI=1S/C23H21ClN2O3S/c1-12-8-15(24)6-7-18(12)28-11-14-9-20(30-13(14)2)21-16(10-25)23(26)29-19-5-3-4-17(27)22(19)21/h6-9,21H,3-5,11,26H2,1-2H3. The third-order valence-electron chi connectivity index (χ3n) is 5.45. The molecule has 0 amide bonds. The summed E-state index contributed by atoms with van der Waals surface area (Å²) in [4.78, 5) is 14.7. The van der Waals surface area contributed by atoms with Crippen LogP contribution < -0.4 is 10.5 Å². The third-order valence-corrected chi connectivity index (χ3v) is 6.84. The van der Waals surface area contributed by atoms with E-state index in [1.165, 1.54) is 0 Å². The minimum absolute atomic E-state index is 0.0298. The maximum Gasteiger partial charge on any atom is 0.205 e.